The van der Waals surface area contributed by atoms with E-state index >= 15 is 0 Å². The second-order valence-electron chi connectivity index (χ2n) is 5.72. The summed E-state index contributed by atoms with van der Waals surface area (Å²) in [6, 6.07) is 5.03. The molecule has 8 heteroatoms. The Balaban J connectivity index is 1.66. The number of morpholine rings is 1. The molecule has 0 atom stereocenters. The van der Waals surface area contributed by atoms with E-state index in [4.69, 9.17) is 21.7 Å². The van der Waals surface area contributed by atoms with Gasteiger partial charge in [0.2, 0.25) is 0 Å². The zero-order valence-electron chi connectivity index (χ0n) is 13.9. The third kappa shape index (κ3) is 4.33. The molecule has 2 saturated heterocycles. The van der Waals surface area contributed by atoms with Crippen LogP contribution in [0.2, 0.25) is 0 Å². The highest BCUT2D eigenvalue weighted by Crippen LogP contribution is 2.34. The molecule has 2 fully saturated rings. The van der Waals surface area contributed by atoms with Gasteiger partial charge in [-0.15, -0.1) is 0 Å². The number of hydrogen-bond donors (Lipinski definition) is 1. The summed E-state index contributed by atoms with van der Waals surface area (Å²) in [4.78, 5) is 17.1. The van der Waals surface area contributed by atoms with Gasteiger partial charge in [0.05, 0.1) is 25.2 Å². The van der Waals surface area contributed by atoms with Crippen molar-refractivity contribution in [3.8, 4) is 11.5 Å². The van der Waals surface area contributed by atoms with E-state index < -0.39 is 0 Å². The lowest BCUT2D eigenvalue weighted by Crippen LogP contribution is -2.42. The summed E-state index contributed by atoms with van der Waals surface area (Å²) in [5, 5.41) is 9.87. The smallest absolute Gasteiger partial charge is 0.266 e. The van der Waals surface area contributed by atoms with Gasteiger partial charge in [-0.2, -0.15) is 0 Å². The van der Waals surface area contributed by atoms with Crippen LogP contribution in [0, 0.1) is 0 Å². The largest absolute Gasteiger partial charge is 0.504 e. The van der Waals surface area contributed by atoms with Crippen LogP contribution in [0.25, 0.3) is 6.08 Å². The number of aromatic hydroxyl groups is 1. The van der Waals surface area contributed by atoms with E-state index in [0.29, 0.717) is 21.5 Å². The van der Waals surface area contributed by atoms with Gasteiger partial charge in [0.15, 0.2) is 11.5 Å². The first kappa shape index (κ1) is 18.2. The molecule has 2 aliphatic rings. The van der Waals surface area contributed by atoms with E-state index in [1.165, 1.54) is 18.9 Å². The van der Waals surface area contributed by atoms with Gasteiger partial charge in [0.1, 0.15) is 4.32 Å². The topological polar surface area (TPSA) is 62.2 Å². The second-order valence-corrected chi connectivity index (χ2v) is 7.39. The zero-order valence-corrected chi connectivity index (χ0v) is 15.6. The molecular weight excluding hydrogens is 360 g/mol. The van der Waals surface area contributed by atoms with Gasteiger partial charge in [0.25, 0.3) is 5.91 Å². The maximum Gasteiger partial charge on any atom is 0.266 e. The molecule has 0 aliphatic carbocycles. The summed E-state index contributed by atoms with van der Waals surface area (Å²) >= 11 is 6.65. The van der Waals surface area contributed by atoms with Crippen molar-refractivity contribution < 1.29 is 19.4 Å². The van der Waals surface area contributed by atoms with E-state index in [-0.39, 0.29) is 11.7 Å². The summed E-state index contributed by atoms with van der Waals surface area (Å²) in [7, 11) is 1.49. The summed E-state index contributed by atoms with van der Waals surface area (Å²) < 4.78 is 10.9. The number of thioether (sulfide) groups is 1. The van der Waals surface area contributed by atoms with Crippen LogP contribution in [0.4, 0.5) is 0 Å². The van der Waals surface area contributed by atoms with E-state index in [9.17, 15) is 9.90 Å². The Morgan fingerprint density at radius 1 is 1.36 bits per heavy atom. The molecule has 134 valence electrons. The number of phenolic OH excluding ortho intramolecular Hbond substituents is 1. The van der Waals surface area contributed by atoms with E-state index in [1.807, 2.05) is 0 Å². The third-order valence-electron chi connectivity index (χ3n) is 4.12. The predicted molar refractivity (Wildman–Crippen MR) is 102 cm³/mol. The number of ether oxygens (including phenoxy) is 2. The number of phenols is 1. The Bertz CT molecular complexity index is 702. The van der Waals surface area contributed by atoms with Crippen molar-refractivity contribution in [2.45, 2.75) is 0 Å². The van der Waals surface area contributed by atoms with Crippen LogP contribution >= 0.6 is 24.0 Å². The Labute approximate surface area is 156 Å². The molecule has 3 rings (SSSR count). The van der Waals surface area contributed by atoms with Crippen molar-refractivity contribution in [1.82, 2.24) is 9.80 Å². The fourth-order valence-electron chi connectivity index (χ4n) is 2.71. The van der Waals surface area contributed by atoms with Gasteiger partial charge in [-0.3, -0.25) is 14.6 Å². The van der Waals surface area contributed by atoms with E-state index in [1.54, 1.807) is 29.2 Å². The fraction of sp³-hybridized carbons (Fsp3) is 0.412. The molecule has 2 heterocycles. The molecular formula is C17H20N2O4S2. The first-order valence-electron chi connectivity index (χ1n) is 8.01. The number of nitrogens with zero attached hydrogens (tertiary/aromatic N) is 2. The zero-order chi connectivity index (χ0) is 17.8. The first-order valence-corrected chi connectivity index (χ1v) is 9.23. The molecule has 1 aromatic rings. The first-order chi connectivity index (χ1) is 12.1. The lowest BCUT2D eigenvalue weighted by molar-refractivity contribution is -0.122. The van der Waals surface area contributed by atoms with Crippen LogP contribution in [0.15, 0.2) is 23.1 Å². The Hall–Kier alpha value is -1.61. The number of carbonyl (C=O) groups is 1. The second kappa shape index (κ2) is 8.18. The lowest BCUT2D eigenvalue weighted by Gasteiger charge is -2.28. The molecule has 0 aromatic heterocycles. The molecule has 0 radical (unpaired) electrons. The van der Waals surface area contributed by atoms with Gasteiger partial charge >= 0.3 is 0 Å². The van der Waals surface area contributed by atoms with Crippen molar-refractivity contribution in [3.05, 3.63) is 28.7 Å². The van der Waals surface area contributed by atoms with Crippen molar-refractivity contribution >= 4 is 40.3 Å². The highest BCUT2D eigenvalue weighted by Gasteiger charge is 2.32. The number of benzene rings is 1. The summed E-state index contributed by atoms with van der Waals surface area (Å²) in [5.74, 6) is 0.354. The molecule has 2 aliphatic heterocycles. The maximum absolute atomic E-state index is 12.6. The molecule has 1 N–H and O–H groups in total. The van der Waals surface area contributed by atoms with Crippen molar-refractivity contribution in [2.75, 3.05) is 46.5 Å². The average Bonchev–Trinajstić information content (AvgIpc) is 2.87. The van der Waals surface area contributed by atoms with Crippen LogP contribution in [0.3, 0.4) is 0 Å². The normalized spacial score (nSPS) is 20.5. The average molecular weight is 380 g/mol. The molecule has 0 spiro atoms. The van der Waals surface area contributed by atoms with Crippen molar-refractivity contribution in [3.63, 3.8) is 0 Å². The molecule has 1 aromatic carbocycles. The van der Waals surface area contributed by atoms with Gasteiger partial charge in [-0.05, 0) is 23.8 Å². The Morgan fingerprint density at radius 3 is 2.80 bits per heavy atom. The summed E-state index contributed by atoms with van der Waals surface area (Å²) in [5.41, 5.74) is 0.729. The number of rotatable bonds is 5. The Morgan fingerprint density at radius 2 is 2.12 bits per heavy atom. The highest BCUT2D eigenvalue weighted by atomic mass is 32.2. The highest BCUT2D eigenvalue weighted by molar-refractivity contribution is 8.26. The molecule has 0 bridgehead atoms. The third-order valence-corrected chi connectivity index (χ3v) is 5.50. The summed E-state index contributed by atoms with van der Waals surface area (Å²) in [6.45, 7) is 4.60. The maximum atomic E-state index is 12.6. The molecule has 1 amide bonds. The van der Waals surface area contributed by atoms with Gasteiger partial charge in [-0.25, -0.2) is 0 Å². The number of thiocarbonyl (C=S) groups is 1. The van der Waals surface area contributed by atoms with E-state index in [2.05, 4.69) is 4.90 Å². The minimum absolute atomic E-state index is 0.0408. The van der Waals surface area contributed by atoms with Crippen LogP contribution in [0.5, 0.6) is 11.5 Å². The standard InChI is InChI=1S/C17H20N2O4S2/c1-22-14-3-2-12(10-13(14)20)11-15-16(21)19(17(24)25-15)5-4-18-6-8-23-9-7-18/h2-3,10-11,20H,4-9H2,1H3/b15-11-. The SMILES string of the molecule is COc1ccc(/C=C2\SC(=S)N(CCN3CCOCC3)C2=O)cc1O. The number of amides is 1. The number of methoxy groups -OCH3 is 1. The Kier molecular flexibility index (Phi) is 5.95. The minimum Gasteiger partial charge on any atom is -0.504 e. The quantitative estimate of drug-likeness (QED) is 0.619. The molecule has 0 saturated carbocycles. The van der Waals surface area contributed by atoms with Crippen LogP contribution in [0.1, 0.15) is 5.56 Å². The van der Waals surface area contributed by atoms with Gasteiger partial charge in [0, 0.05) is 26.2 Å². The minimum atomic E-state index is -0.0847. The predicted octanol–water partition coefficient (Wildman–Crippen LogP) is 1.93. The van der Waals surface area contributed by atoms with Crippen LogP contribution < -0.4 is 4.74 Å². The molecule has 25 heavy (non-hydrogen) atoms. The van der Waals surface area contributed by atoms with Crippen molar-refractivity contribution in [2.24, 2.45) is 0 Å². The van der Waals surface area contributed by atoms with Crippen LogP contribution in [-0.2, 0) is 9.53 Å². The fourth-order valence-corrected chi connectivity index (χ4v) is 4.02. The monoisotopic (exact) mass is 380 g/mol. The van der Waals surface area contributed by atoms with E-state index in [0.717, 1.165) is 38.4 Å². The lowest BCUT2D eigenvalue weighted by atomic mass is 10.2. The van der Waals surface area contributed by atoms with Crippen molar-refractivity contribution in [1.29, 1.82) is 0 Å². The van der Waals surface area contributed by atoms with Gasteiger partial charge in [-0.1, -0.05) is 30.0 Å². The van der Waals surface area contributed by atoms with Crippen LogP contribution in [-0.4, -0.2) is 71.6 Å². The molecule has 0 unspecified atom stereocenters. The summed E-state index contributed by atoms with van der Waals surface area (Å²) in [6.07, 6.45) is 1.74. The number of carbonyl (C=O) groups excluding carboxylic acids is 1. The molecule has 6 nitrogen and oxygen atoms in total. The number of hydrogen-bond acceptors (Lipinski definition) is 7. The van der Waals surface area contributed by atoms with Gasteiger partial charge < -0.3 is 14.6 Å².